The van der Waals surface area contributed by atoms with E-state index in [0.717, 1.165) is 9.87 Å². The number of anilines is 2. The van der Waals surface area contributed by atoms with Crippen molar-refractivity contribution in [3.8, 4) is 17.2 Å². The Morgan fingerprint density at radius 3 is 2.20 bits per heavy atom. The highest BCUT2D eigenvalue weighted by molar-refractivity contribution is 7.97. The molecule has 3 aromatic carbocycles. The van der Waals surface area contributed by atoms with Crippen molar-refractivity contribution in [2.24, 2.45) is 0 Å². The van der Waals surface area contributed by atoms with Gasteiger partial charge in [-0.05, 0) is 48.4 Å². The molecule has 4 rings (SSSR count). The van der Waals surface area contributed by atoms with Crippen molar-refractivity contribution in [2.45, 2.75) is 13.5 Å². The van der Waals surface area contributed by atoms with Gasteiger partial charge in [0, 0.05) is 24.4 Å². The normalized spacial score (nSPS) is 14.2. The molecule has 9 heteroatoms. The summed E-state index contributed by atoms with van der Waals surface area (Å²) >= 11 is 0. The zero-order chi connectivity index (χ0) is 25.2. The van der Waals surface area contributed by atoms with Crippen LogP contribution in [0.5, 0.6) is 17.2 Å². The lowest BCUT2D eigenvalue weighted by Crippen LogP contribution is -2.36. The fraction of sp³-hybridized carbons (Fsp3) is 0.192. The Bertz CT molecular complexity index is 1380. The molecule has 0 fully saturated rings. The molecule has 0 aliphatic carbocycles. The van der Waals surface area contributed by atoms with Crippen LogP contribution in [0.25, 0.3) is 5.57 Å². The first-order chi connectivity index (χ1) is 16.8. The van der Waals surface area contributed by atoms with E-state index in [1.54, 1.807) is 43.3 Å². The molecular formula is C26H26N2O6S. The van der Waals surface area contributed by atoms with Crippen LogP contribution in [0.1, 0.15) is 18.1 Å². The van der Waals surface area contributed by atoms with Gasteiger partial charge >= 0.3 is 0 Å². The number of amides is 1. The number of carbonyl (C=O) groups excluding carboxylic acids is 1. The number of allylic oxidation sites excluding steroid dienone is 1. The SMILES string of the molecule is COc1cc2c(cc1OC)N(C)S(=O)(=O)C(C(=O)Nc1ccc(OCc3ccccc3)cc1)=C2C. The molecule has 0 radical (unpaired) electrons. The van der Waals surface area contributed by atoms with Crippen LogP contribution in [-0.2, 0) is 21.4 Å². The molecule has 0 atom stereocenters. The van der Waals surface area contributed by atoms with Crippen LogP contribution in [0.4, 0.5) is 11.4 Å². The second-order valence-electron chi connectivity index (χ2n) is 7.90. The lowest BCUT2D eigenvalue weighted by Gasteiger charge is -2.30. The van der Waals surface area contributed by atoms with Gasteiger partial charge in [-0.3, -0.25) is 9.10 Å². The average Bonchev–Trinajstić information content (AvgIpc) is 2.86. The van der Waals surface area contributed by atoms with E-state index >= 15 is 0 Å². The molecule has 3 aromatic rings. The monoisotopic (exact) mass is 494 g/mol. The Balaban J connectivity index is 1.58. The predicted molar refractivity (Wildman–Crippen MR) is 135 cm³/mol. The minimum Gasteiger partial charge on any atom is -0.493 e. The number of nitrogens with one attached hydrogen (secondary N) is 1. The fourth-order valence-electron chi connectivity index (χ4n) is 3.86. The zero-order valence-electron chi connectivity index (χ0n) is 19.9. The first kappa shape index (κ1) is 24.2. The van der Waals surface area contributed by atoms with Crippen LogP contribution < -0.4 is 23.8 Å². The molecule has 1 N–H and O–H groups in total. The predicted octanol–water partition coefficient (Wildman–Crippen LogP) is 4.43. The number of benzene rings is 3. The molecule has 0 aromatic heterocycles. The van der Waals surface area contributed by atoms with Crippen molar-refractivity contribution in [3.63, 3.8) is 0 Å². The number of ether oxygens (including phenoxy) is 3. The van der Waals surface area contributed by atoms with E-state index in [1.165, 1.54) is 21.3 Å². The van der Waals surface area contributed by atoms with E-state index < -0.39 is 15.9 Å². The maximum Gasteiger partial charge on any atom is 0.269 e. The highest BCUT2D eigenvalue weighted by Gasteiger charge is 2.38. The Kier molecular flexibility index (Phi) is 6.70. The number of methoxy groups -OCH3 is 2. The van der Waals surface area contributed by atoms with Crippen molar-refractivity contribution in [1.82, 2.24) is 0 Å². The largest absolute Gasteiger partial charge is 0.493 e. The first-order valence-electron chi connectivity index (χ1n) is 10.8. The Morgan fingerprint density at radius 1 is 0.943 bits per heavy atom. The van der Waals surface area contributed by atoms with Gasteiger partial charge in [-0.2, -0.15) is 0 Å². The van der Waals surface area contributed by atoms with Crippen LogP contribution in [0, 0.1) is 0 Å². The Hall–Kier alpha value is -3.98. The summed E-state index contributed by atoms with van der Waals surface area (Å²) in [6, 6.07) is 19.8. The number of rotatable bonds is 7. The number of nitrogens with zero attached hydrogens (tertiary/aromatic N) is 1. The van der Waals surface area contributed by atoms with Gasteiger partial charge in [0.15, 0.2) is 16.4 Å². The lowest BCUT2D eigenvalue weighted by atomic mass is 10.0. The molecule has 1 amide bonds. The van der Waals surface area contributed by atoms with E-state index in [4.69, 9.17) is 14.2 Å². The van der Waals surface area contributed by atoms with Crippen molar-refractivity contribution in [1.29, 1.82) is 0 Å². The van der Waals surface area contributed by atoms with Gasteiger partial charge in [-0.25, -0.2) is 8.42 Å². The summed E-state index contributed by atoms with van der Waals surface area (Å²) in [6.45, 7) is 2.02. The van der Waals surface area contributed by atoms with E-state index in [0.29, 0.717) is 46.4 Å². The quantitative estimate of drug-likeness (QED) is 0.522. The standard InChI is InChI=1S/C26H26N2O6S/c1-17-21-14-23(32-3)24(33-4)15-22(21)28(2)35(30,31)25(17)26(29)27-19-10-12-20(13-11-19)34-16-18-8-6-5-7-9-18/h5-15H,16H2,1-4H3,(H,27,29). The summed E-state index contributed by atoms with van der Waals surface area (Å²) in [5, 5.41) is 2.69. The van der Waals surface area contributed by atoms with E-state index in [-0.39, 0.29) is 4.91 Å². The van der Waals surface area contributed by atoms with Gasteiger partial charge in [-0.1, -0.05) is 30.3 Å². The van der Waals surface area contributed by atoms with Crippen LogP contribution in [0.2, 0.25) is 0 Å². The first-order valence-corrected chi connectivity index (χ1v) is 12.2. The summed E-state index contributed by atoms with van der Waals surface area (Å²) in [4.78, 5) is 12.8. The maximum atomic E-state index is 13.3. The lowest BCUT2D eigenvalue weighted by molar-refractivity contribution is -0.112. The fourth-order valence-corrected chi connectivity index (χ4v) is 5.33. The Labute approximate surface area is 204 Å². The number of carbonyl (C=O) groups is 1. The van der Waals surface area contributed by atoms with Crippen LogP contribution in [-0.4, -0.2) is 35.6 Å². The van der Waals surface area contributed by atoms with Crippen molar-refractivity contribution in [3.05, 3.63) is 82.8 Å². The van der Waals surface area contributed by atoms with Crippen molar-refractivity contribution in [2.75, 3.05) is 30.9 Å². The molecule has 35 heavy (non-hydrogen) atoms. The van der Waals surface area contributed by atoms with E-state index in [9.17, 15) is 13.2 Å². The summed E-state index contributed by atoms with van der Waals surface area (Å²) < 4.78 is 44.0. The highest BCUT2D eigenvalue weighted by Crippen LogP contribution is 2.44. The molecular weight excluding hydrogens is 468 g/mol. The molecule has 0 spiro atoms. The molecule has 0 saturated heterocycles. The zero-order valence-corrected chi connectivity index (χ0v) is 20.7. The van der Waals surface area contributed by atoms with Gasteiger partial charge < -0.3 is 19.5 Å². The average molecular weight is 495 g/mol. The number of fused-ring (bicyclic) bond motifs is 1. The number of hydrogen-bond donors (Lipinski definition) is 1. The maximum absolute atomic E-state index is 13.3. The third-order valence-corrected chi connectivity index (χ3v) is 7.70. The minimum atomic E-state index is -4.10. The second kappa shape index (κ2) is 9.71. The molecule has 8 nitrogen and oxygen atoms in total. The van der Waals surface area contributed by atoms with E-state index in [2.05, 4.69) is 5.32 Å². The molecule has 1 aliphatic heterocycles. The van der Waals surface area contributed by atoms with Gasteiger partial charge in [0.25, 0.3) is 15.9 Å². The number of hydrogen-bond acceptors (Lipinski definition) is 6. The summed E-state index contributed by atoms with van der Waals surface area (Å²) in [5.41, 5.74) is 2.76. The van der Waals surface area contributed by atoms with Crippen LogP contribution in [0.15, 0.2) is 71.6 Å². The Morgan fingerprint density at radius 2 is 1.57 bits per heavy atom. The third kappa shape index (κ3) is 4.67. The van der Waals surface area contributed by atoms with Gasteiger partial charge in [-0.15, -0.1) is 0 Å². The number of sulfonamides is 1. The molecule has 182 valence electrons. The summed E-state index contributed by atoms with van der Waals surface area (Å²) in [7, 11) is 0.272. The molecule has 0 saturated carbocycles. The molecule has 0 unspecified atom stereocenters. The summed E-state index contributed by atoms with van der Waals surface area (Å²) in [5.74, 6) is 0.725. The van der Waals surface area contributed by atoms with Crippen molar-refractivity contribution >= 4 is 32.9 Å². The molecule has 1 heterocycles. The van der Waals surface area contributed by atoms with E-state index in [1.807, 2.05) is 30.3 Å². The second-order valence-corrected chi connectivity index (χ2v) is 9.81. The molecule has 0 bridgehead atoms. The van der Waals surface area contributed by atoms with Crippen molar-refractivity contribution < 1.29 is 27.4 Å². The smallest absolute Gasteiger partial charge is 0.269 e. The van der Waals surface area contributed by atoms with Crippen LogP contribution in [0.3, 0.4) is 0 Å². The van der Waals surface area contributed by atoms with Gasteiger partial charge in [0.05, 0.1) is 19.9 Å². The highest BCUT2D eigenvalue weighted by atomic mass is 32.2. The third-order valence-electron chi connectivity index (χ3n) is 5.77. The minimum absolute atomic E-state index is 0.319. The molecule has 1 aliphatic rings. The van der Waals surface area contributed by atoms with Gasteiger partial charge in [0.2, 0.25) is 0 Å². The topological polar surface area (TPSA) is 94.2 Å². The van der Waals surface area contributed by atoms with Gasteiger partial charge in [0.1, 0.15) is 12.4 Å². The summed E-state index contributed by atoms with van der Waals surface area (Å²) in [6.07, 6.45) is 0. The van der Waals surface area contributed by atoms with Crippen LogP contribution >= 0.6 is 0 Å².